The van der Waals surface area contributed by atoms with Crippen molar-refractivity contribution in [3.63, 3.8) is 0 Å². The summed E-state index contributed by atoms with van der Waals surface area (Å²) in [6.45, 7) is 5.98. The second-order valence-corrected chi connectivity index (χ2v) is 12.8. The average Bonchev–Trinajstić information content (AvgIpc) is 3.45. The molecule has 4 aliphatic rings. The first-order chi connectivity index (χ1) is 23.0. The van der Waals surface area contributed by atoms with E-state index in [4.69, 9.17) is 4.74 Å². The smallest absolute Gasteiger partial charge is 0.274 e. The minimum Gasteiger partial charge on any atom is -0.392 e. The molecule has 3 N–H and O–H groups in total. The van der Waals surface area contributed by atoms with E-state index in [0.29, 0.717) is 53.0 Å². The summed E-state index contributed by atoms with van der Waals surface area (Å²) in [7, 11) is 0. The number of aryl methyl sites for hydroxylation is 1. The molecule has 244 valence electrons. The zero-order chi connectivity index (χ0) is 32.1. The highest BCUT2D eigenvalue weighted by Crippen LogP contribution is 2.36. The minimum atomic E-state index is -0.542. The van der Waals surface area contributed by atoms with Gasteiger partial charge in [-0.05, 0) is 73.2 Å². The van der Waals surface area contributed by atoms with Gasteiger partial charge in [-0.1, -0.05) is 0 Å². The summed E-state index contributed by atoms with van der Waals surface area (Å²) < 4.78 is 22.7. The Balaban J connectivity index is 1.03. The molecule has 0 unspecified atom stereocenters. The van der Waals surface area contributed by atoms with Gasteiger partial charge in [-0.15, -0.1) is 0 Å². The van der Waals surface area contributed by atoms with Crippen molar-refractivity contribution in [1.29, 1.82) is 0 Å². The zero-order valence-electron chi connectivity index (χ0n) is 26.2. The Morgan fingerprint density at radius 3 is 2.57 bits per heavy atom. The number of H-pyrrole nitrogens is 1. The number of nitrogens with zero attached hydrogens (tertiary/aromatic N) is 5. The Hall–Kier alpha value is -4.52. The summed E-state index contributed by atoms with van der Waals surface area (Å²) in [4.78, 5) is 40.3. The number of aliphatic hydroxyl groups is 1. The van der Waals surface area contributed by atoms with Crippen LogP contribution in [0.2, 0.25) is 0 Å². The number of carbonyl (C=O) groups is 1. The van der Waals surface area contributed by atoms with Crippen molar-refractivity contribution in [3.8, 4) is 11.1 Å². The minimum absolute atomic E-state index is 0.204. The van der Waals surface area contributed by atoms with E-state index >= 15 is 4.39 Å². The van der Waals surface area contributed by atoms with Gasteiger partial charge >= 0.3 is 0 Å². The number of halogens is 1. The Morgan fingerprint density at radius 2 is 1.83 bits per heavy atom. The standard InChI is InChI=1S/C35H38FN7O4/c36-24-15-27(28(19-44)31(16-24)43-12-11-42-30-4-2-1-3-22(30)14-32(42)35(43)46)23-13-29(34(45)38-17-23)39-33-6-5-25(18-37-33)40-7-9-41(10-8-40)26-20-47-21-26/h5-6,13-18,26,44H,1-4,7-12,19-21H2,(H,37,39)(H,38,45). The lowest BCUT2D eigenvalue weighted by atomic mass is 9.98. The van der Waals surface area contributed by atoms with Crippen molar-refractivity contribution in [2.75, 3.05) is 61.1 Å². The molecule has 3 aromatic heterocycles. The number of fused-ring (bicyclic) bond motifs is 3. The first-order valence-electron chi connectivity index (χ1n) is 16.5. The third-order valence-electron chi connectivity index (χ3n) is 10.1. The molecule has 1 aromatic carbocycles. The number of nitrogens with one attached hydrogen (secondary N) is 2. The first-order valence-corrected chi connectivity index (χ1v) is 16.5. The topological polar surface area (TPSA) is 119 Å². The second kappa shape index (κ2) is 12.3. The monoisotopic (exact) mass is 639 g/mol. The molecule has 2 saturated heterocycles. The number of piperazine rings is 1. The number of aromatic amines is 1. The van der Waals surface area contributed by atoms with Gasteiger partial charge in [-0.2, -0.15) is 0 Å². The molecule has 3 aliphatic heterocycles. The molecule has 0 saturated carbocycles. The number of aliphatic hydroxyl groups excluding tert-OH is 1. The Morgan fingerprint density at radius 1 is 1.00 bits per heavy atom. The molecule has 11 nitrogen and oxygen atoms in total. The molecule has 1 aliphatic carbocycles. The maximum atomic E-state index is 15.3. The van der Waals surface area contributed by atoms with E-state index in [9.17, 15) is 14.7 Å². The maximum absolute atomic E-state index is 15.3. The van der Waals surface area contributed by atoms with Crippen LogP contribution in [0.3, 0.4) is 0 Å². The van der Waals surface area contributed by atoms with Crippen LogP contribution in [0.15, 0.2) is 53.6 Å². The first kappa shape index (κ1) is 29.9. The van der Waals surface area contributed by atoms with Gasteiger partial charge < -0.3 is 34.5 Å². The average molecular weight is 640 g/mol. The number of hydrogen-bond acceptors (Lipinski definition) is 8. The van der Waals surface area contributed by atoms with E-state index in [0.717, 1.165) is 70.8 Å². The van der Waals surface area contributed by atoms with Crippen LogP contribution >= 0.6 is 0 Å². The number of benzene rings is 1. The van der Waals surface area contributed by atoms with Gasteiger partial charge in [0.2, 0.25) is 0 Å². The van der Waals surface area contributed by atoms with Crippen LogP contribution < -0.4 is 20.7 Å². The summed E-state index contributed by atoms with van der Waals surface area (Å²) in [5.41, 5.74) is 5.57. The van der Waals surface area contributed by atoms with Gasteiger partial charge in [-0.25, -0.2) is 9.37 Å². The number of carbonyl (C=O) groups excluding carboxylic acids is 1. The molecule has 0 atom stereocenters. The van der Waals surface area contributed by atoms with Crippen LogP contribution in [-0.2, 0) is 30.7 Å². The van der Waals surface area contributed by atoms with Gasteiger partial charge in [0.05, 0.1) is 43.4 Å². The van der Waals surface area contributed by atoms with Gasteiger partial charge in [-0.3, -0.25) is 14.5 Å². The number of rotatable bonds is 7. The highest BCUT2D eigenvalue weighted by Gasteiger charge is 2.32. The van der Waals surface area contributed by atoms with Crippen LogP contribution in [0.1, 0.15) is 40.2 Å². The van der Waals surface area contributed by atoms with Crippen LogP contribution in [0.5, 0.6) is 0 Å². The van der Waals surface area contributed by atoms with Gasteiger partial charge in [0, 0.05) is 62.3 Å². The molecular formula is C35H38FN7O4. The van der Waals surface area contributed by atoms with Crippen molar-refractivity contribution in [2.24, 2.45) is 0 Å². The number of pyridine rings is 2. The van der Waals surface area contributed by atoms with E-state index < -0.39 is 12.4 Å². The van der Waals surface area contributed by atoms with Crippen LogP contribution in [0.4, 0.5) is 27.3 Å². The number of ether oxygens (including phenoxy) is 1. The van der Waals surface area contributed by atoms with E-state index in [1.807, 2.05) is 18.2 Å². The van der Waals surface area contributed by atoms with Crippen molar-refractivity contribution in [2.45, 2.75) is 44.9 Å². The molecular weight excluding hydrogens is 601 g/mol. The lowest BCUT2D eigenvalue weighted by Gasteiger charge is -2.43. The molecule has 4 aromatic rings. The van der Waals surface area contributed by atoms with E-state index in [-0.39, 0.29) is 17.2 Å². The molecule has 47 heavy (non-hydrogen) atoms. The highest BCUT2D eigenvalue weighted by atomic mass is 19.1. The molecule has 6 heterocycles. The van der Waals surface area contributed by atoms with Gasteiger partial charge in [0.15, 0.2) is 0 Å². The normalized spacial score (nSPS) is 18.6. The summed E-state index contributed by atoms with van der Waals surface area (Å²) >= 11 is 0. The molecule has 0 spiro atoms. The summed E-state index contributed by atoms with van der Waals surface area (Å²) in [5.74, 6) is -0.251. The van der Waals surface area contributed by atoms with Gasteiger partial charge in [0.1, 0.15) is 23.0 Å². The Labute approximate surface area is 271 Å². The SMILES string of the molecule is O=C1c2cc3c(n2CCN1c1cc(F)cc(-c2c[nH]c(=O)c(Nc4ccc(N5CCN(C6COC6)CC5)cn4)c2)c1CO)CCCC3. The van der Waals surface area contributed by atoms with Crippen molar-refractivity contribution in [3.05, 3.63) is 87.5 Å². The lowest BCUT2D eigenvalue weighted by Crippen LogP contribution is -2.56. The molecule has 1 amide bonds. The van der Waals surface area contributed by atoms with Gasteiger partial charge in [0.25, 0.3) is 11.5 Å². The molecule has 12 heteroatoms. The van der Waals surface area contributed by atoms with Crippen molar-refractivity contribution in [1.82, 2.24) is 19.4 Å². The summed E-state index contributed by atoms with van der Waals surface area (Å²) in [5, 5.41) is 13.7. The summed E-state index contributed by atoms with van der Waals surface area (Å²) in [6, 6.07) is 10.6. The summed E-state index contributed by atoms with van der Waals surface area (Å²) in [6.07, 6.45) is 7.45. The second-order valence-electron chi connectivity index (χ2n) is 12.8. The number of amides is 1. The number of aromatic nitrogens is 3. The lowest BCUT2D eigenvalue weighted by molar-refractivity contribution is -0.0660. The third kappa shape index (κ3) is 5.49. The molecule has 2 fully saturated rings. The Kier molecular flexibility index (Phi) is 7.78. The number of hydrogen-bond donors (Lipinski definition) is 3. The quantitative estimate of drug-likeness (QED) is 0.281. The van der Waals surface area contributed by atoms with Crippen LogP contribution in [0, 0.1) is 5.82 Å². The Bertz CT molecular complexity index is 1880. The molecule has 8 rings (SSSR count). The fourth-order valence-electron chi connectivity index (χ4n) is 7.45. The third-order valence-corrected chi connectivity index (χ3v) is 10.1. The van der Waals surface area contributed by atoms with Crippen molar-refractivity contribution >= 4 is 28.8 Å². The van der Waals surface area contributed by atoms with Crippen LogP contribution in [0.25, 0.3) is 11.1 Å². The molecule has 0 bridgehead atoms. The van der Waals surface area contributed by atoms with E-state index in [1.54, 1.807) is 17.2 Å². The fraction of sp³-hybridized carbons (Fsp3) is 0.400. The largest absolute Gasteiger partial charge is 0.392 e. The molecule has 0 radical (unpaired) electrons. The van der Waals surface area contributed by atoms with Crippen molar-refractivity contribution < 1.29 is 19.0 Å². The van der Waals surface area contributed by atoms with E-state index in [1.165, 1.54) is 29.6 Å². The maximum Gasteiger partial charge on any atom is 0.274 e. The van der Waals surface area contributed by atoms with Crippen LogP contribution in [-0.4, -0.2) is 82.4 Å². The van der Waals surface area contributed by atoms with E-state index in [2.05, 4.69) is 29.7 Å². The predicted octanol–water partition coefficient (Wildman–Crippen LogP) is 3.67. The highest BCUT2D eigenvalue weighted by molar-refractivity contribution is 6.07. The zero-order valence-corrected chi connectivity index (χ0v) is 26.2. The number of anilines is 4. The predicted molar refractivity (Wildman–Crippen MR) is 177 cm³/mol. The fourth-order valence-corrected chi connectivity index (χ4v) is 7.45.